The van der Waals surface area contributed by atoms with Gasteiger partial charge in [-0.05, 0) is 23.6 Å². The Hall–Kier alpha value is -1.55. The minimum Gasteiger partial charge on any atom is -0.398 e. The lowest BCUT2D eigenvalue weighted by Crippen LogP contribution is -2.17. The first-order chi connectivity index (χ1) is 8.18. The minimum atomic E-state index is 0.292. The van der Waals surface area contributed by atoms with Crippen LogP contribution in [0.15, 0.2) is 18.2 Å². The number of nitrogens with zero attached hydrogens (tertiary/aromatic N) is 1. The lowest BCUT2D eigenvalue weighted by atomic mass is 10.1. The molecule has 1 aromatic carbocycles. The van der Waals surface area contributed by atoms with Gasteiger partial charge in [-0.1, -0.05) is 12.1 Å². The molecule has 0 aliphatic carbocycles. The molecule has 4 nitrogen and oxygen atoms in total. The number of hydrogen-bond donors (Lipinski definition) is 2. The lowest BCUT2D eigenvalue weighted by Gasteiger charge is -2.03. The van der Waals surface area contributed by atoms with E-state index in [1.165, 1.54) is 11.1 Å². The zero-order chi connectivity index (χ0) is 12.3. The predicted octanol–water partition coefficient (Wildman–Crippen LogP) is 1.11. The third-order valence-corrected chi connectivity index (χ3v) is 3.24. The molecule has 1 saturated heterocycles. The van der Waals surface area contributed by atoms with Gasteiger partial charge < -0.3 is 16.0 Å². The summed E-state index contributed by atoms with van der Waals surface area (Å²) in [7, 11) is 1.84. The Labute approximate surface area is 102 Å². The largest absolute Gasteiger partial charge is 0.398 e. The van der Waals surface area contributed by atoms with E-state index < -0.39 is 0 Å². The van der Waals surface area contributed by atoms with Gasteiger partial charge in [-0.3, -0.25) is 4.79 Å². The monoisotopic (exact) mass is 233 g/mol. The SMILES string of the molecule is CN1CCCC1=O.Nc1cccc2c1CNC2. The highest BCUT2D eigenvalue weighted by atomic mass is 16.2. The van der Waals surface area contributed by atoms with Gasteiger partial charge in [0.1, 0.15) is 0 Å². The molecule has 2 aliphatic heterocycles. The van der Waals surface area contributed by atoms with Crippen molar-refractivity contribution < 1.29 is 4.79 Å². The van der Waals surface area contributed by atoms with Crippen LogP contribution in [0.25, 0.3) is 0 Å². The molecule has 1 amide bonds. The van der Waals surface area contributed by atoms with Gasteiger partial charge in [0, 0.05) is 38.8 Å². The van der Waals surface area contributed by atoms with Crippen molar-refractivity contribution in [3.63, 3.8) is 0 Å². The quantitative estimate of drug-likeness (QED) is 0.660. The second-order valence-corrected chi connectivity index (χ2v) is 4.51. The number of nitrogens with one attached hydrogen (secondary N) is 1. The van der Waals surface area contributed by atoms with Crippen LogP contribution >= 0.6 is 0 Å². The Bertz CT molecular complexity index is 417. The molecule has 1 aromatic rings. The van der Waals surface area contributed by atoms with Crippen molar-refractivity contribution in [3.05, 3.63) is 29.3 Å². The standard InChI is InChI=1S/C8H10N2.C5H9NO/c9-8-3-1-2-6-4-10-5-7(6)8;1-6-4-2-3-5(6)7/h1-3,10H,4-5,9H2;2-4H2,1H3. The number of anilines is 1. The zero-order valence-corrected chi connectivity index (χ0v) is 10.2. The van der Waals surface area contributed by atoms with Crippen LogP contribution in [0.4, 0.5) is 5.69 Å². The fourth-order valence-corrected chi connectivity index (χ4v) is 2.14. The van der Waals surface area contributed by atoms with Crippen LogP contribution in [-0.2, 0) is 17.9 Å². The first-order valence-corrected chi connectivity index (χ1v) is 5.99. The van der Waals surface area contributed by atoms with E-state index in [9.17, 15) is 4.79 Å². The van der Waals surface area contributed by atoms with Crippen LogP contribution in [0.1, 0.15) is 24.0 Å². The maximum Gasteiger partial charge on any atom is 0.222 e. The number of nitrogen functional groups attached to an aromatic ring is 1. The molecule has 0 aromatic heterocycles. The molecular weight excluding hydrogens is 214 g/mol. The summed E-state index contributed by atoms with van der Waals surface area (Å²) in [5, 5.41) is 3.25. The number of hydrogen-bond acceptors (Lipinski definition) is 3. The van der Waals surface area contributed by atoms with Crippen LogP contribution in [-0.4, -0.2) is 24.4 Å². The number of amides is 1. The van der Waals surface area contributed by atoms with E-state index in [1.54, 1.807) is 4.90 Å². The second-order valence-electron chi connectivity index (χ2n) is 4.51. The number of fused-ring (bicyclic) bond motifs is 1. The first-order valence-electron chi connectivity index (χ1n) is 5.99. The van der Waals surface area contributed by atoms with E-state index in [-0.39, 0.29) is 0 Å². The van der Waals surface area contributed by atoms with Crippen LogP contribution in [0.2, 0.25) is 0 Å². The first kappa shape index (κ1) is 11.9. The lowest BCUT2D eigenvalue weighted by molar-refractivity contribution is -0.126. The number of carbonyl (C=O) groups excluding carboxylic acids is 1. The molecule has 1 fully saturated rings. The number of nitrogens with two attached hydrogens (primary N) is 1. The summed E-state index contributed by atoms with van der Waals surface area (Å²) in [5.41, 5.74) is 9.28. The van der Waals surface area contributed by atoms with Crippen LogP contribution in [0, 0.1) is 0 Å². The molecule has 3 rings (SSSR count). The van der Waals surface area contributed by atoms with Crippen molar-refractivity contribution in [2.24, 2.45) is 0 Å². The average molecular weight is 233 g/mol. The number of benzene rings is 1. The Morgan fingerprint density at radius 2 is 2.18 bits per heavy atom. The summed E-state index contributed by atoms with van der Waals surface area (Å²) in [6.07, 6.45) is 1.81. The average Bonchev–Trinajstić information content (AvgIpc) is 2.91. The molecule has 0 saturated carbocycles. The van der Waals surface area contributed by atoms with Gasteiger partial charge in [-0.2, -0.15) is 0 Å². The highest BCUT2D eigenvalue weighted by molar-refractivity contribution is 5.77. The molecule has 17 heavy (non-hydrogen) atoms. The van der Waals surface area contributed by atoms with Crippen molar-refractivity contribution in [2.45, 2.75) is 25.9 Å². The third-order valence-electron chi connectivity index (χ3n) is 3.24. The molecular formula is C13H19N3O. The smallest absolute Gasteiger partial charge is 0.222 e. The molecule has 0 atom stereocenters. The third kappa shape index (κ3) is 2.77. The highest BCUT2D eigenvalue weighted by Gasteiger charge is 2.14. The van der Waals surface area contributed by atoms with Crippen molar-refractivity contribution >= 4 is 11.6 Å². The topological polar surface area (TPSA) is 58.4 Å². The number of carbonyl (C=O) groups is 1. The zero-order valence-electron chi connectivity index (χ0n) is 10.2. The molecule has 2 heterocycles. The second kappa shape index (κ2) is 5.19. The molecule has 0 spiro atoms. The van der Waals surface area contributed by atoms with E-state index in [0.717, 1.165) is 38.2 Å². The maximum atomic E-state index is 10.5. The summed E-state index contributed by atoms with van der Waals surface area (Å²) in [6.45, 7) is 2.86. The van der Waals surface area contributed by atoms with Crippen molar-refractivity contribution in [2.75, 3.05) is 19.3 Å². The van der Waals surface area contributed by atoms with Gasteiger partial charge in [0.15, 0.2) is 0 Å². The Morgan fingerprint density at radius 1 is 1.35 bits per heavy atom. The van der Waals surface area contributed by atoms with Gasteiger partial charge in [0.05, 0.1) is 0 Å². The predicted molar refractivity (Wildman–Crippen MR) is 68.3 cm³/mol. The van der Waals surface area contributed by atoms with E-state index in [2.05, 4.69) is 11.4 Å². The van der Waals surface area contributed by atoms with Gasteiger partial charge >= 0.3 is 0 Å². The maximum absolute atomic E-state index is 10.5. The Morgan fingerprint density at radius 3 is 2.71 bits per heavy atom. The summed E-state index contributed by atoms with van der Waals surface area (Å²) in [5.74, 6) is 0.292. The fraction of sp³-hybridized carbons (Fsp3) is 0.462. The van der Waals surface area contributed by atoms with Crippen LogP contribution < -0.4 is 11.1 Å². The van der Waals surface area contributed by atoms with Crippen molar-refractivity contribution in [3.8, 4) is 0 Å². The van der Waals surface area contributed by atoms with Gasteiger partial charge in [-0.25, -0.2) is 0 Å². The summed E-state index contributed by atoms with van der Waals surface area (Å²) < 4.78 is 0. The van der Waals surface area contributed by atoms with Crippen molar-refractivity contribution in [1.82, 2.24) is 10.2 Å². The number of rotatable bonds is 0. The van der Waals surface area contributed by atoms with Gasteiger partial charge in [0.2, 0.25) is 5.91 Å². The van der Waals surface area contributed by atoms with E-state index in [0.29, 0.717) is 5.91 Å². The summed E-state index contributed by atoms with van der Waals surface area (Å²) in [4.78, 5) is 12.3. The van der Waals surface area contributed by atoms with Gasteiger partial charge in [0.25, 0.3) is 0 Å². The Kier molecular flexibility index (Phi) is 3.64. The summed E-state index contributed by atoms with van der Waals surface area (Å²) in [6, 6.07) is 6.07. The van der Waals surface area contributed by atoms with Crippen LogP contribution in [0.5, 0.6) is 0 Å². The minimum absolute atomic E-state index is 0.292. The van der Waals surface area contributed by atoms with E-state index >= 15 is 0 Å². The molecule has 0 bridgehead atoms. The molecule has 2 aliphatic rings. The van der Waals surface area contributed by atoms with E-state index in [1.807, 2.05) is 19.2 Å². The molecule has 3 N–H and O–H groups in total. The van der Waals surface area contributed by atoms with Gasteiger partial charge in [-0.15, -0.1) is 0 Å². The molecule has 4 heteroatoms. The van der Waals surface area contributed by atoms with E-state index in [4.69, 9.17) is 5.73 Å². The molecule has 0 unspecified atom stereocenters. The normalized spacial score (nSPS) is 17.7. The highest BCUT2D eigenvalue weighted by Crippen LogP contribution is 2.20. The molecule has 0 radical (unpaired) electrons. The van der Waals surface area contributed by atoms with Crippen LogP contribution in [0.3, 0.4) is 0 Å². The summed E-state index contributed by atoms with van der Waals surface area (Å²) >= 11 is 0. The van der Waals surface area contributed by atoms with Crippen molar-refractivity contribution in [1.29, 1.82) is 0 Å². The molecule has 92 valence electrons. The Balaban J connectivity index is 0.000000136. The fourth-order valence-electron chi connectivity index (χ4n) is 2.14. The number of likely N-dealkylation sites (tertiary alicyclic amines) is 1.